The van der Waals surface area contributed by atoms with E-state index in [1.165, 1.54) is 11.1 Å². The Morgan fingerprint density at radius 2 is 2.04 bits per heavy atom. The molecule has 3 rings (SSSR count). The average molecular weight is 319 g/mol. The van der Waals surface area contributed by atoms with Gasteiger partial charge in [-0.25, -0.2) is 0 Å². The molecular formula is C16H25N5O2. The van der Waals surface area contributed by atoms with Gasteiger partial charge in [-0.15, -0.1) is 0 Å². The molecule has 4 N–H and O–H groups in total. The van der Waals surface area contributed by atoms with Crippen molar-refractivity contribution in [2.45, 2.75) is 44.7 Å². The molecule has 1 heterocycles. The van der Waals surface area contributed by atoms with Crippen LogP contribution in [0.4, 0.5) is 5.69 Å². The highest BCUT2D eigenvalue weighted by molar-refractivity contribution is 5.92. The second-order valence-corrected chi connectivity index (χ2v) is 6.79. The molecule has 2 atom stereocenters. The Bertz CT molecular complexity index is 571. The van der Waals surface area contributed by atoms with Crippen LogP contribution in [0.25, 0.3) is 0 Å². The first-order chi connectivity index (χ1) is 11.1. The summed E-state index contributed by atoms with van der Waals surface area (Å²) in [7, 11) is 1.58. The fourth-order valence-corrected chi connectivity index (χ4v) is 3.99. The van der Waals surface area contributed by atoms with E-state index in [1.54, 1.807) is 19.4 Å². The van der Waals surface area contributed by atoms with Gasteiger partial charge in [0, 0.05) is 25.2 Å². The van der Waals surface area contributed by atoms with Crippen molar-refractivity contribution in [1.29, 1.82) is 0 Å². The molecule has 0 radical (unpaired) electrons. The van der Waals surface area contributed by atoms with Gasteiger partial charge in [0.15, 0.2) is 0 Å². The van der Waals surface area contributed by atoms with Crippen molar-refractivity contribution in [2.75, 3.05) is 12.4 Å². The molecule has 2 saturated carbocycles. The molecule has 126 valence electrons. The quantitative estimate of drug-likeness (QED) is 0.761. The summed E-state index contributed by atoms with van der Waals surface area (Å²) in [5, 5.41) is 9.57. The summed E-state index contributed by atoms with van der Waals surface area (Å²) in [4.78, 5) is 23.9. The van der Waals surface area contributed by atoms with Gasteiger partial charge in [0.2, 0.25) is 11.8 Å². The molecule has 1 aromatic rings. The third-order valence-corrected chi connectivity index (χ3v) is 5.27. The Labute approximate surface area is 136 Å². The number of anilines is 1. The Hall–Kier alpha value is -1.89. The fourth-order valence-electron chi connectivity index (χ4n) is 3.99. The van der Waals surface area contributed by atoms with Crippen LogP contribution in [0.3, 0.4) is 0 Å². The van der Waals surface area contributed by atoms with Crippen LogP contribution in [-0.2, 0) is 16.1 Å². The van der Waals surface area contributed by atoms with Gasteiger partial charge in [0.05, 0.1) is 11.9 Å². The number of fused-ring (bicyclic) bond motifs is 2. The third kappa shape index (κ3) is 3.55. The first kappa shape index (κ1) is 16.0. The van der Waals surface area contributed by atoms with E-state index in [4.69, 9.17) is 5.73 Å². The minimum absolute atomic E-state index is 0.0346. The van der Waals surface area contributed by atoms with Gasteiger partial charge in [0.25, 0.3) is 0 Å². The lowest BCUT2D eigenvalue weighted by Crippen LogP contribution is -2.48. The molecule has 7 heteroatoms. The van der Waals surface area contributed by atoms with Crippen molar-refractivity contribution in [2.24, 2.45) is 23.5 Å². The predicted molar refractivity (Wildman–Crippen MR) is 86.5 cm³/mol. The minimum atomic E-state index is -0.125. The maximum Gasteiger partial charge on any atom is 0.241 e. The van der Waals surface area contributed by atoms with Crippen LogP contribution in [0.1, 0.15) is 32.1 Å². The Morgan fingerprint density at radius 1 is 1.35 bits per heavy atom. The smallest absolute Gasteiger partial charge is 0.241 e. The summed E-state index contributed by atoms with van der Waals surface area (Å²) >= 11 is 0. The van der Waals surface area contributed by atoms with Crippen LogP contribution in [0, 0.1) is 17.8 Å². The van der Waals surface area contributed by atoms with E-state index in [1.807, 2.05) is 0 Å². The van der Waals surface area contributed by atoms with E-state index in [2.05, 4.69) is 15.7 Å². The zero-order valence-electron chi connectivity index (χ0n) is 13.5. The maximum atomic E-state index is 12.5. The van der Waals surface area contributed by atoms with Gasteiger partial charge >= 0.3 is 0 Å². The summed E-state index contributed by atoms with van der Waals surface area (Å²) in [5.41, 5.74) is 6.92. The largest absolute Gasteiger partial charge is 0.358 e. The van der Waals surface area contributed by atoms with Crippen LogP contribution in [0.2, 0.25) is 0 Å². The number of carbonyl (C=O) groups is 2. The fraction of sp³-hybridized carbons (Fsp3) is 0.688. The molecule has 2 amide bonds. The number of aromatic nitrogens is 2. The molecule has 1 aromatic heterocycles. The van der Waals surface area contributed by atoms with Crippen molar-refractivity contribution in [3.63, 3.8) is 0 Å². The van der Waals surface area contributed by atoms with E-state index in [-0.39, 0.29) is 30.3 Å². The number of nitrogens with zero attached hydrogens (tertiary/aromatic N) is 2. The molecule has 0 saturated heterocycles. The first-order valence-electron chi connectivity index (χ1n) is 8.36. The number of nitrogens with two attached hydrogens (primary N) is 1. The van der Waals surface area contributed by atoms with Crippen LogP contribution in [0.5, 0.6) is 0 Å². The van der Waals surface area contributed by atoms with Gasteiger partial charge in [0.1, 0.15) is 6.54 Å². The minimum Gasteiger partial charge on any atom is -0.358 e. The highest BCUT2D eigenvalue weighted by atomic mass is 16.2. The monoisotopic (exact) mass is 319 g/mol. The van der Waals surface area contributed by atoms with Crippen molar-refractivity contribution in [3.8, 4) is 0 Å². The van der Waals surface area contributed by atoms with Crippen LogP contribution < -0.4 is 16.4 Å². The maximum absolute atomic E-state index is 12.5. The van der Waals surface area contributed by atoms with Crippen molar-refractivity contribution in [3.05, 3.63) is 12.4 Å². The van der Waals surface area contributed by atoms with E-state index in [0.29, 0.717) is 17.5 Å². The molecule has 2 aliphatic carbocycles. The lowest BCUT2D eigenvalue weighted by atomic mass is 9.65. The molecule has 2 fully saturated rings. The number of hydrogen-bond donors (Lipinski definition) is 3. The summed E-state index contributed by atoms with van der Waals surface area (Å²) in [6.45, 7) is 0.148. The molecule has 0 spiro atoms. The predicted octanol–water partition coefficient (Wildman–Crippen LogP) is 0.721. The van der Waals surface area contributed by atoms with Gasteiger partial charge in [-0.1, -0.05) is 6.42 Å². The summed E-state index contributed by atoms with van der Waals surface area (Å²) in [5.74, 6) is 0.921. The lowest BCUT2D eigenvalue weighted by molar-refractivity contribution is -0.123. The van der Waals surface area contributed by atoms with Crippen molar-refractivity contribution < 1.29 is 9.59 Å². The van der Waals surface area contributed by atoms with Crippen molar-refractivity contribution >= 4 is 17.5 Å². The number of likely N-dealkylation sites (N-methyl/N-ethyl adjacent to an activating group) is 1. The first-order valence-corrected chi connectivity index (χ1v) is 8.36. The standard InChI is InChI=1S/C16H25N5O2/c1-18-14(22)9-21-8-13(7-19-21)20-16(23)12-5-10-3-2-4-11(6-12)15(10)17/h7-8,10-12,15H,2-6,9,17H2,1H3,(H,18,22)(H,20,23). The van der Waals surface area contributed by atoms with Gasteiger partial charge < -0.3 is 16.4 Å². The van der Waals surface area contributed by atoms with Gasteiger partial charge in [-0.2, -0.15) is 5.10 Å². The van der Waals surface area contributed by atoms with Crippen LogP contribution in [-0.4, -0.2) is 34.7 Å². The Kier molecular flexibility index (Phi) is 4.66. The number of amides is 2. The normalized spacial score (nSPS) is 29.8. The third-order valence-electron chi connectivity index (χ3n) is 5.27. The molecular weight excluding hydrogens is 294 g/mol. The number of hydrogen-bond acceptors (Lipinski definition) is 4. The second kappa shape index (κ2) is 6.70. The Morgan fingerprint density at radius 3 is 2.70 bits per heavy atom. The van der Waals surface area contributed by atoms with Crippen molar-refractivity contribution in [1.82, 2.24) is 15.1 Å². The summed E-state index contributed by atoms with van der Waals surface area (Å²) < 4.78 is 1.51. The molecule has 7 nitrogen and oxygen atoms in total. The number of rotatable bonds is 4. The Balaban J connectivity index is 1.58. The number of nitrogens with one attached hydrogen (secondary N) is 2. The molecule has 0 aliphatic heterocycles. The van der Waals surface area contributed by atoms with E-state index in [9.17, 15) is 9.59 Å². The topological polar surface area (TPSA) is 102 Å². The second-order valence-electron chi connectivity index (χ2n) is 6.79. The molecule has 2 unspecified atom stereocenters. The summed E-state index contributed by atoms with van der Waals surface area (Å²) in [6, 6.07) is 0.267. The summed E-state index contributed by atoms with van der Waals surface area (Å²) in [6.07, 6.45) is 8.56. The molecule has 0 aromatic carbocycles. The molecule has 2 bridgehead atoms. The van der Waals surface area contributed by atoms with E-state index >= 15 is 0 Å². The zero-order chi connectivity index (χ0) is 16.4. The molecule has 2 aliphatic rings. The van der Waals surface area contributed by atoms with Crippen LogP contribution >= 0.6 is 0 Å². The number of carbonyl (C=O) groups excluding carboxylic acids is 2. The van der Waals surface area contributed by atoms with Gasteiger partial charge in [-0.3, -0.25) is 14.3 Å². The zero-order valence-corrected chi connectivity index (χ0v) is 13.5. The lowest BCUT2D eigenvalue weighted by Gasteiger charge is -2.43. The highest BCUT2D eigenvalue weighted by Crippen LogP contribution is 2.42. The highest BCUT2D eigenvalue weighted by Gasteiger charge is 2.40. The van der Waals surface area contributed by atoms with E-state index < -0.39 is 0 Å². The average Bonchev–Trinajstić information content (AvgIpc) is 2.93. The van der Waals surface area contributed by atoms with Crippen LogP contribution in [0.15, 0.2) is 12.4 Å². The van der Waals surface area contributed by atoms with E-state index in [0.717, 1.165) is 25.7 Å². The molecule has 23 heavy (non-hydrogen) atoms. The SMILES string of the molecule is CNC(=O)Cn1cc(NC(=O)C2CC3CCCC(C2)C3N)cn1. The van der Waals surface area contributed by atoms with Gasteiger partial charge in [-0.05, 0) is 37.5 Å².